The molecule has 0 aliphatic heterocycles. The van der Waals surface area contributed by atoms with E-state index in [-0.39, 0.29) is 17.1 Å². The fourth-order valence-corrected chi connectivity index (χ4v) is 4.22. The summed E-state index contributed by atoms with van der Waals surface area (Å²) in [6, 6.07) is 10.7. The van der Waals surface area contributed by atoms with Crippen LogP contribution in [0, 0.1) is 10.1 Å². The lowest BCUT2D eigenvalue weighted by Gasteiger charge is -2.12. The Bertz CT molecular complexity index is 1680. The van der Waals surface area contributed by atoms with E-state index < -0.39 is 16.7 Å². The number of allylic oxidation sites excluding steroid dienone is 4. The number of nitro benzene ring substituents is 1. The van der Waals surface area contributed by atoms with Gasteiger partial charge in [-0.25, -0.2) is 0 Å². The van der Waals surface area contributed by atoms with Crippen molar-refractivity contribution in [2.45, 2.75) is 0 Å². The summed E-state index contributed by atoms with van der Waals surface area (Å²) in [7, 11) is 9.05. The van der Waals surface area contributed by atoms with Crippen molar-refractivity contribution in [3.8, 4) is 34.5 Å². The summed E-state index contributed by atoms with van der Waals surface area (Å²) in [5.41, 5.74) is 1.38. The first-order chi connectivity index (χ1) is 22.7. The van der Waals surface area contributed by atoms with Crippen LogP contribution in [-0.2, 0) is 9.59 Å². The van der Waals surface area contributed by atoms with E-state index in [1.165, 1.54) is 79.1 Å². The number of methoxy groups -OCH3 is 6. The number of amides is 2. The van der Waals surface area contributed by atoms with Gasteiger partial charge in [0.05, 0.1) is 59.0 Å². The van der Waals surface area contributed by atoms with Crippen LogP contribution in [0.5, 0.6) is 34.5 Å². The van der Waals surface area contributed by atoms with Crippen LogP contribution < -0.4 is 39.1 Å². The van der Waals surface area contributed by atoms with E-state index in [1.807, 2.05) is 0 Å². The van der Waals surface area contributed by atoms with E-state index in [1.54, 1.807) is 48.6 Å². The zero-order valence-electron chi connectivity index (χ0n) is 26.7. The summed E-state index contributed by atoms with van der Waals surface area (Å²) in [6.07, 6.45) is 12.2. The van der Waals surface area contributed by atoms with Crippen LogP contribution in [0.15, 0.2) is 78.9 Å². The van der Waals surface area contributed by atoms with Crippen molar-refractivity contribution in [1.29, 1.82) is 0 Å². The van der Waals surface area contributed by atoms with Gasteiger partial charge in [-0.2, -0.15) is 0 Å². The van der Waals surface area contributed by atoms with Crippen molar-refractivity contribution in [2.24, 2.45) is 0 Å². The molecule has 0 fully saturated rings. The third-order valence-corrected chi connectivity index (χ3v) is 6.40. The van der Waals surface area contributed by atoms with E-state index in [2.05, 4.69) is 10.6 Å². The molecule has 246 valence electrons. The van der Waals surface area contributed by atoms with Crippen molar-refractivity contribution in [3.05, 3.63) is 100 Å². The molecule has 0 unspecified atom stereocenters. The van der Waals surface area contributed by atoms with Crippen LogP contribution in [0.4, 0.5) is 17.1 Å². The lowest BCUT2D eigenvalue weighted by atomic mass is 10.1. The fourth-order valence-electron chi connectivity index (χ4n) is 4.22. The molecule has 0 radical (unpaired) electrons. The molecular weight excluding hydrogens is 610 g/mol. The van der Waals surface area contributed by atoms with Gasteiger partial charge in [0.2, 0.25) is 23.3 Å². The number of nitrogens with one attached hydrogen (secondary N) is 2. The molecule has 13 nitrogen and oxygen atoms in total. The predicted octanol–water partition coefficient (Wildman–Crippen LogP) is 6.06. The summed E-state index contributed by atoms with van der Waals surface area (Å²) in [5, 5.41) is 16.6. The van der Waals surface area contributed by atoms with Crippen LogP contribution in [0.2, 0.25) is 0 Å². The fraction of sp³-hybridized carbons (Fsp3) is 0.176. The first-order valence-corrected chi connectivity index (χ1v) is 13.9. The number of anilines is 2. The molecule has 0 aliphatic carbocycles. The highest BCUT2D eigenvalue weighted by molar-refractivity contribution is 6.06. The summed E-state index contributed by atoms with van der Waals surface area (Å²) in [5.74, 6) is 1.68. The van der Waals surface area contributed by atoms with E-state index in [4.69, 9.17) is 28.4 Å². The van der Waals surface area contributed by atoms with Crippen molar-refractivity contribution < 1.29 is 42.9 Å². The Hall–Kier alpha value is -6.24. The maximum absolute atomic E-state index is 12.7. The second-order valence-electron chi connectivity index (χ2n) is 9.32. The van der Waals surface area contributed by atoms with Gasteiger partial charge in [-0.1, -0.05) is 36.5 Å². The normalized spacial score (nSPS) is 11.2. The number of carbonyl (C=O) groups is 2. The average molecular weight is 646 g/mol. The monoisotopic (exact) mass is 645 g/mol. The van der Waals surface area contributed by atoms with E-state index in [0.29, 0.717) is 34.5 Å². The zero-order valence-corrected chi connectivity index (χ0v) is 26.7. The van der Waals surface area contributed by atoms with Crippen molar-refractivity contribution in [1.82, 2.24) is 0 Å². The van der Waals surface area contributed by atoms with E-state index in [0.717, 1.165) is 17.2 Å². The number of rotatable bonds is 15. The topological polar surface area (TPSA) is 157 Å². The molecule has 2 amide bonds. The number of nitrogens with zero attached hydrogens (tertiary/aromatic N) is 1. The molecule has 0 saturated heterocycles. The first-order valence-electron chi connectivity index (χ1n) is 13.9. The summed E-state index contributed by atoms with van der Waals surface area (Å²) in [6.45, 7) is 0. The Morgan fingerprint density at radius 3 is 1.36 bits per heavy atom. The van der Waals surface area contributed by atoms with Gasteiger partial charge in [0.15, 0.2) is 23.0 Å². The van der Waals surface area contributed by atoms with Gasteiger partial charge in [-0.3, -0.25) is 19.7 Å². The average Bonchev–Trinajstić information content (AvgIpc) is 3.08. The Labute approximate surface area is 271 Å². The van der Waals surface area contributed by atoms with Crippen LogP contribution >= 0.6 is 0 Å². The smallest absolute Gasteiger partial charge is 0.271 e. The van der Waals surface area contributed by atoms with Crippen LogP contribution in [0.3, 0.4) is 0 Å². The Balaban J connectivity index is 1.71. The van der Waals surface area contributed by atoms with Gasteiger partial charge in [-0.15, -0.1) is 0 Å². The highest BCUT2D eigenvalue weighted by atomic mass is 16.6. The third-order valence-electron chi connectivity index (χ3n) is 6.40. The number of carbonyl (C=O) groups excluding carboxylic acids is 2. The number of hydrogen-bond acceptors (Lipinski definition) is 10. The third kappa shape index (κ3) is 9.62. The zero-order chi connectivity index (χ0) is 34.3. The molecule has 47 heavy (non-hydrogen) atoms. The first kappa shape index (κ1) is 35.2. The summed E-state index contributed by atoms with van der Waals surface area (Å²) >= 11 is 0. The lowest BCUT2D eigenvalue weighted by molar-refractivity contribution is -0.384. The second-order valence-corrected chi connectivity index (χ2v) is 9.32. The van der Waals surface area contributed by atoms with Crippen LogP contribution in [0.25, 0.3) is 12.2 Å². The Kier molecular flexibility index (Phi) is 13.0. The molecule has 0 spiro atoms. The highest BCUT2D eigenvalue weighted by Gasteiger charge is 2.15. The number of ether oxygens (including phenoxy) is 6. The van der Waals surface area contributed by atoms with Crippen molar-refractivity contribution >= 4 is 41.0 Å². The molecule has 0 saturated carbocycles. The molecule has 3 aromatic carbocycles. The van der Waals surface area contributed by atoms with Gasteiger partial charge < -0.3 is 39.1 Å². The van der Waals surface area contributed by atoms with Crippen molar-refractivity contribution in [3.63, 3.8) is 0 Å². The maximum atomic E-state index is 12.7. The standard InChI is InChI=1S/C34H35N3O10/c1-42-27-17-22(18-28(43-2)33(27)46-5)11-7-9-13-31(38)35-25-16-15-24(37(40)41)21-26(25)36-32(39)14-10-8-12-23-19-29(44-3)34(47-6)30(20-23)45-4/h7-21H,1-6H3,(H,35,38)(H,36,39). The molecule has 0 bridgehead atoms. The molecule has 3 rings (SSSR count). The quantitative estimate of drug-likeness (QED) is 0.0861. The Morgan fingerprint density at radius 2 is 1.00 bits per heavy atom. The molecule has 0 aromatic heterocycles. The number of nitro groups is 1. The Morgan fingerprint density at radius 1 is 0.596 bits per heavy atom. The summed E-state index contributed by atoms with van der Waals surface area (Å²) in [4.78, 5) is 36.1. The van der Waals surface area contributed by atoms with Gasteiger partial charge in [0.1, 0.15) is 0 Å². The van der Waals surface area contributed by atoms with Gasteiger partial charge in [0, 0.05) is 24.3 Å². The molecular formula is C34H35N3O10. The van der Waals surface area contributed by atoms with E-state index in [9.17, 15) is 19.7 Å². The van der Waals surface area contributed by atoms with Crippen LogP contribution in [0.1, 0.15) is 11.1 Å². The summed E-state index contributed by atoms with van der Waals surface area (Å²) < 4.78 is 32.0. The minimum atomic E-state index is -0.606. The van der Waals surface area contributed by atoms with Crippen molar-refractivity contribution in [2.75, 3.05) is 53.3 Å². The minimum Gasteiger partial charge on any atom is -0.493 e. The minimum absolute atomic E-state index is 0.0390. The number of benzene rings is 3. The van der Waals surface area contributed by atoms with Crippen LogP contribution in [-0.4, -0.2) is 59.4 Å². The predicted molar refractivity (Wildman–Crippen MR) is 179 cm³/mol. The second kappa shape index (κ2) is 17.3. The molecule has 0 atom stereocenters. The number of non-ortho nitro benzene ring substituents is 1. The SMILES string of the molecule is COc1cc(C=CC=CC(=O)Nc2ccc([N+](=O)[O-])cc2NC(=O)C=CC=Cc2cc(OC)c(OC)c(OC)c2)cc(OC)c1OC. The molecule has 0 heterocycles. The van der Waals surface area contributed by atoms with Gasteiger partial charge in [-0.05, 0) is 41.5 Å². The molecule has 2 N–H and O–H groups in total. The molecule has 13 heteroatoms. The lowest BCUT2D eigenvalue weighted by Crippen LogP contribution is -2.14. The van der Waals surface area contributed by atoms with E-state index >= 15 is 0 Å². The highest BCUT2D eigenvalue weighted by Crippen LogP contribution is 2.39. The molecule has 3 aromatic rings. The number of hydrogen-bond donors (Lipinski definition) is 2. The molecule has 0 aliphatic rings. The maximum Gasteiger partial charge on any atom is 0.271 e. The van der Waals surface area contributed by atoms with Gasteiger partial charge >= 0.3 is 0 Å². The largest absolute Gasteiger partial charge is 0.493 e. The van der Waals surface area contributed by atoms with Gasteiger partial charge in [0.25, 0.3) is 5.69 Å².